The molecule has 0 bridgehead atoms. The van der Waals surface area contributed by atoms with Crippen LogP contribution in [0.1, 0.15) is 41.9 Å². The normalized spacial score (nSPS) is 15.3. The molecule has 1 aromatic carbocycles. The molecule has 2 aromatic rings. The van der Waals surface area contributed by atoms with Crippen LogP contribution in [0.5, 0.6) is 0 Å². The molecule has 6 nitrogen and oxygen atoms in total. The van der Waals surface area contributed by atoms with E-state index in [1.54, 1.807) is 10.7 Å². The Morgan fingerprint density at radius 2 is 2.00 bits per heavy atom. The molecule has 1 amide bonds. The smallest absolute Gasteiger partial charge is 0.357 e. The van der Waals surface area contributed by atoms with Gasteiger partial charge in [-0.2, -0.15) is 5.10 Å². The highest BCUT2D eigenvalue weighted by Gasteiger charge is 2.30. The molecule has 114 valence electrons. The van der Waals surface area contributed by atoms with Crippen LogP contribution < -0.4 is 5.73 Å². The summed E-state index contributed by atoms with van der Waals surface area (Å²) in [7, 11) is 0. The fourth-order valence-corrected chi connectivity index (χ4v) is 2.17. The predicted octanol–water partition coefficient (Wildman–Crippen LogP) is 1.78. The van der Waals surface area contributed by atoms with Crippen LogP contribution in [-0.4, -0.2) is 27.8 Å². The van der Waals surface area contributed by atoms with Crippen LogP contribution in [0.25, 0.3) is 5.69 Å². The van der Waals surface area contributed by atoms with Crippen LogP contribution in [0.15, 0.2) is 36.4 Å². The molecule has 1 fully saturated rings. The number of primary amides is 1. The first-order chi connectivity index (χ1) is 10.6. The summed E-state index contributed by atoms with van der Waals surface area (Å²) < 4.78 is 6.66. The number of carbonyl (C=O) groups excluding carboxylic acids is 2. The van der Waals surface area contributed by atoms with Gasteiger partial charge in [0.1, 0.15) is 0 Å². The number of nitrogens with zero attached hydrogens (tertiary/aromatic N) is 2. The van der Waals surface area contributed by atoms with Gasteiger partial charge < -0.3 is 10.5 Å². The van der Waals surface area contributed by atoms with Crippen molar-refractivity contribution in [2.45, 2.75) is 31.8 Å². The number of hydrogen-bond acceptors (Lipinski definition) is 4. The summed E-state index contributed by atoms with van der Waals surface area (Å²) in [6.07, 6.45) is 1.19. The first-order valence-corrected chi connectivity index (χ1v) is 7.22. The molecule has 1 heterocycles. The second-order valence-corrected chi connectivity index (χ2v) is 5.43. The van der Waals surface area contributed by atoms with Crippen LogP contribution in [0.3, 0.4) is 0 Å². The number of esters is 1. The van der Waals surface area contributed by atoms with E-state index in [0.717, 1.165) is 24.2 Å². The lowest BCUT2D eigenvalue weighted by atomic mass is 10.2. The lowest BCUT2D eigenvalue weighted by molar-refractivity contribution is -0.125. The molecule has 3 rings (SSSR count). The Labute approximate surface area is 127 Å². The third-order valence-corrected chi connectivity index (χ3v) is 3.62. The monoisotopic (exact) mass is 299 g/mol. The molecule has 1 aromatic heterocycles. The molecule has 6 heteroatoms. The van der Waals surface area contributed by atoms with Crippen molar-refractivity contribution >= 4 is 11.9 Å². The average Bonchev–Trinajstić information content (AvgIpc) is 3.26. The Kier molecular flexibility index (Phi) is 3.66. The Balaban J connectivity index is 1.95. The minimum Gasteiger partial charge on any atom is -0.448 e. The maximum absolute atomic E-state index is 12.3. The standard InChI is InChI=1S/C16H17N3O3/c1-10(15(17)20)22-16(21)14-9-13(11-7-8-11)18-19(14)12-5-3-2-4-6-12/h2-6,9-11H,7-8H2,1H3,(H2,17,20)/t10-/m0/s1. The SMILES string of the molecule is C[C@H](OC(=O)c1cc(C2CC2)nn1-c1ccccc1)C(N)=O. The molecule has 0 radical (unpaired) electrons. The number of ether oxygens (including phenoxy) is 1. The van der Waals surface area contributed by atoms with Gasteiger partial charge in [-0.25, -0.2) is 9.48 Å². The number of amides is 1. The molecule has 1 aliphatic rings. The largest absolute Gasteiger partial charge is 0.448 e. The minimum atomic E-state index is -0.976. The van der Waals surface area contributed by atoms with Gasteiger partial charge in [-0.1, -0.05) is 18.2 Å². The lowest BCUT2D eigenvalue weighted by Crippen LogP contribution is -2.31. The maximum Gasteiger partial charge on any atom is 0.357 e. The number of carbonyl (C=O) groups is 2. The Hall–Kier alpha value is -2.63. The van der Waals surface area contributed by atoms with Crippen molar-refractivity contribution in [2.24, 2.45) is 5.73 Å². The number of rotatable bonds is 5. The first-order valence-electron chi connectivity index (χ1n) is 7.22. The van der Waals surface area contributed by atoms with E-state index in [1.165, 1.54) is 6.92 Å². The van der Waals surface area contributed by atoms with Crippen LogP contribution >= 0.6 is 0 Å². The van der Waals surface area contributed by atoms with Crippen molar-refractivity contribution in [3.63, 3.8) is 0 Å². The van der Waals surface area contributed by atoms with Gasteiger partial charge in [-0.15, -0.1) is 0 Å². The minimum absolute atomic E-state index is 0.307. The molecule has 2 N–H and O–H groups in total. The number of para-hydroxylation sites is 1. The summed E-state index contributed by atoms with van der Waals surface area (Å²) in [5, 5.41) is 4.52. The van der Waals surface area contributed by atoms with Crippen LogP contribution in [0.2, 0.25) is 0 Å². The summed E-state index contributed by atoms with van der Waals surface area (Å²) in [5.74, 6) is -0.874. The number of nitrogens with two attached hydrogens (primary N) is 1. The van der Waals surface area contributed by atoms with Crippen molar-refractivity contribution in [3.05, 3.63) is 47.8 Å². The zero-order valence-electron chi connectivity index (χ0n) is 12.2. The molecular weight excluding hydrogens is 282 g/mol. The second-order valence-electron chi connectivity index (χ2n) is 5.43. The van der Waals surface area contributed by atoms with Crippen molar-refractivity contribution in [1.29, 1.82) is 0 Å². The van der Waals surface area contributed by atoms with Gasteiger partial charge in [0, 0.05) is 5.92 Å². The fraction of sp³-hybridized carbons (Fsp3) is 0.312. The highest BCUT2D eigenvalue weighted by Crippen LogP contribution is 2.39. The average molecular weight is 299 g/mol. The van der Waals surface area contributed by atoms with E-state index in [0.29, 0.717) is 11.6 Å². The maximum atomic E-state index is 12.3. The topological polar surface area (TPSA) is 87.2 Å². The molecule has 0 saturated heterocycles. The molecule has 0 unspecified atom stereocenters. The Morgan fingerprint density at radius 3 is 2.59 bits per heavy atom. The summed E-state index contributed by atoms with van der Waals surface area (Å²) in [6.45, 7) is 1.45. The van der Waals surface area contributed by atoms with Gasteiger partial charge in [-0.3, -0.25) is 4.79 Å². The highest BCUT2D eigenvalue weighted by atomic mass is 16.5. The third kappa shape index (κ3) is 2.86. The second kappa shape index (κ2) is 5.63. The van der Waals surface area contributed by atoms with E-state index in [2.05, 4.69) is 5.10 Å². The van der Waals surface area contributed by atoms with Crippen LogP contribution in [0.4, 0.5) is 0 Å². The van der Waals surface area contributed by atoms with E-state index in [1.807, 2.05) is 30.3 Å². The van der Waals surface area contributed by atoms with Crippen LogP contribution in [-0.2, 0) is 9.53 Å². The summed E-state index contributed by atoms with van der Waals surface area (Å²) in [4.78, 5) is 23.4. The number of aromatic nitrogens is 2. The van der Waals surface area contributed by atoms with Gasteiger partial charge >= 0.3 is 5.97 Å². The fourth-order valence-electron chi connectivity index (χ4n) is 2.17. The quantitative estimate of drug-likeness (QED) is 0.852. The predicted molar refractivity (Wildman–Crippen MR) is 79.6 cm³/mol. The van der Waals surface area contributed by atoms with E-state index >= 15 is 0 Å². The van der Waals surface area contributed by atoms with E-state index in [-0.39, 0.29) is 0 Å². The zero-order chi connectivity index (χ0) is 15.7. The summed E-state index contributed by atoms with van der Waals surface area (Å²) in [6, 6.07) is 11.1. The molecule has 1 atom stereocenters. The third-order valence-electron chi connectivity index (χ3n) is 3.62. The first kappa shape index (κ1) is 14.3. The molecular formula is C16H17N3O3. The zero-order valence-corrected chi connectivity index (χ0v) is 12.2. The molecule has 1 saturated carbocycles. The van der Waals surface area contributed by atoms with Crippen molar-refractivity contribution < 1.29 is 14.3 Å². The van der Waals surface area contributed by atoms with Gasteiger partial charge in [0.2, 0.25) is 0 Å². The van der Waals surface area contributed by atoms with Crippen molar-refractivity contribution in [2.75, 3.05) is 0 Å². The van der Waals surface area contributed by atoms with E-state index in [4.69, 9.17) is 10.5 Å². The molecule has 22 heavy (non-hydrogen) atoms. The summed E-state index contributed by atoms with van der Waals surface area (Å²) in [5.41, 5.74) is 7.09. The van der Waals surface area contributed by atoms with Gasteiger partial charge in [0.25, 0.3) is 5.91 Å². The Bertz CT molecular complexity index is 705. The van der Waals surface area contributed by atoms with Crippen molar-refractivity contribution in [1.82, 2.24) is 9.78 Å². The summed E-state index contributed by atoms with van der Waals surface area (Å²) >= 11 is 0. The number of benzene rings is 1. The van der Waals surface area contributed by atoms with Crippen LogP contribution in [0, 0.1) is 0 Å². The number of hydrogen-bond donors (Lipinski definition) is 1. The van der Waals surface area contributed by atoms with Crippen molar-refractivity contribution in [3.8, 4) is 5.69 Å². The lowest BCUT2D eigenvalue weighted by Gasteiger charge is -2.10. The van der Waals surface area contributed by atoms with E-state index in [9.17, 15) is 9.59 Å². The molecule has 0 spiro atoms. The molecule has 0 aliphatic heterocycles. The molecule has 1 aliphatic carbocycles. The van der Waals surface area contributed by atoms with Gasteiger partial charge in [0.05, 0.1) is 11.4 Å². The van der Waals surface area contributed by atoms with Gasteiger partial charge in [-0.05, 0) is 38.0 Å². The Morgan fingerprint density at radius 1 is 1.32 bits per heavy atom. The van der Waals surface area contributed by atoms with Gasteiger partial charge in [0.15, 0.2) is 11.8 Å². The highest BCUT2D eigenvalue weighted by molar-refractivity contribution is 5.91. The van der Waals surface area contributed by atoms with E-state index < -0.39 is 18.0 Å².